The normalized spacial score (nSPS) is 13.9. The molecule has 2 N–H and O–H groups in total. The number of hydrogen-bond donors (Lipinski definition) is 2. The monoisotopic (exact) mass is 341 g/mol. The molecule has 2 heterocycles. The molecule has 0 saturated carbocycles. The first-order valence-electron chi connectivity index (χ1n) is 6.19. The van der Waals surface area contributed by atoms with Crippen LogP contribution in [0.3, 0.4) is 0 Å². The zero-order valence-electron chi connectivity index (χ0n) is 11.0. The molecule has 21 heavy (non-hydrogen) atoms. The molecular formula is C12H11N3O3S3. The summed E-state index contributed by atoms with van der Waals surface area (Å²) >= 11 is 1.96. The van der Waals surface area contributed by atoms with Crippen LogP contribution < -0.4 is 9.60 Å². The molecule has 2 aromatic heterocycles. The van der Waals surface area contributed by atoms with E-state index in [0.29, 0.717) is 27.6 Å². The van der Waals surface area contributed by atoms with Gasteiger partial charge in [0.05, 0.1) is 5.56 Å². The number of anilines is 1. The van der Waals surface area contributed by atoms with Gasteiger partial charge in [-0.3, -0.25) is 9.52 Å². The fourth-order valence-electron chi connectivity index (χ4n) is 2.41. The summed E-state index contributed by atoms with van der Waals surface area (Å²) in [6.07, 6.45) is 2.70. The van der Waals surface area contributed by atoms with Gasteiger partial charge in [0.15, 0.2) is 4.21 Å². The van der Waals surface area contributed by atoms with E-state index in [0.717, 1.165) is 29.7 Å². The maximum atomic E-state index is 12.4. The highest BCUT2D eigenvalue weighted by atomic mass is 32.2. The Morgan fingerprint density at radius 3 is 2.71 bits per heavy atom. The maximum Gasteiger partial charge on any atom is 0.306 e. The number of aromatic amines is 1. The van der Waals surface area contributed by atoms with Gasteiger partial charge in [-0.05, 0) is 31.7 Å². The third-order valence-electron chi connectivity index (χ3n) is 3.29. The number of aromatic nitrogens is 1. The van der Waals surface area contributed by atoms with Crippen molar-refractivity contribution in [1.82, 2.24) is 4.98 Å². The van der Waals surface area contributed by atoms with Crippen molar-refractivity contribution >= 4 is 37.7 Å². The number of sulfonamides is 1. The summed E-state index contributed by atoms with van der Waals surface area (Å²) in [5.41, 5.74) is 1.68. The van der Waals surface area contributed by atoms with Gasteiger partial charge >= 0.3 is 4.87 Å². The Hall–Kier alpha value is -1.63. The van der Waals surface area contributed by atoms with Gasteiger partial charge in [-0.1, -0.05) is 11.3 Å². The number of fused-ring (bicyclic) bond motifs is 1. The quantitative estimate of drug-likeness (QED) is 0.890. The first-order chi connectivity index (χ1) is 9.92. The molecule has 2 aromatic rings. The van der Waals surface area contributed by atoms with E-state index in [1.54, 1.807) is 0 Å². The van der Waals surface area contributed by atoms with Crippen LogP contribution in [-0.4, -0.2) is 13.4 Å². The fraction of sp³-hybridized carbons (Fsp3) is 0.333. The summed E-state index contributed by atoms with van der Waals surface area (Å²) in [5.74, 6) is 0. The van der Waals surface area contributed by atoms with Crippen LogP contribution in [0.4, 0.5) is 5.00 Å². The van der Waals surface area contributed by atoms with E-state index in [-0.39, 0.29) is 4.21 Å². The average molecular weight is 341 g/mol. The van der Waals surface area contributed by atoms with Crippen LogP contribution in [0, 0.1) is 18.3 Å². The van der Waals surface area contributed by atoms with Gasteiger partial charge in [-0.2, -0.15) is 5.26 Å². The second-order valence-electron chi connectivity index (χ2n) is 4.71. The fourth-order valence-corrected chi connectivity index (χ4v) is 6.26. The summed E-state index contributed by atoms with van der Waals surface area (Å²) in [4.78, 5) is 14.4. The highest BCUT2D eigenvalue weighted by Crippen LogP contribution is 2.39. The van der Waals surface area contributed by atoms with Crippen LogP contribution in [-0.2, 0) is 22.9 Å². The second-order valence-corrected chi connectivity index (χ2v) is 8.67. The molecule has 0 unspecified atom stereocenters. The standard InChI is InChI=1S/C12H11N3O3S3/c1-6-11(20-12(16)14-6)21(17,18)15-10-8(5-13)7-3-2-4-9(7)19-10/h15H,2-4H2,1H3,(H,14,16). The summed E-state index contributed by atoms with van der Waals surface area (Å²) in [6, 6.07) is 2.09. The zero-order valence-corrected chi connectivity index (χ0v) is 13.5. The molecule has 0 bridgehead atoms. The summed E-state index contributed by atoms with van der Waals surface area (Å²) in [7, 11) is -3.85. The Bertz CT molecular complexity index is 912. The minimum absolute atomic E-state index is 0.0371. The van der Waals surface area contributed by atoms with E-state index < -0.39 is 14.9 Å². The number of thiazole rings is 1. The van der Waals surface area contributed by atoms with Crippen LogP contribution in [0.15, 0.2) is 9.00 Å². The highest BCUT2D eigenvalue weighted by Gasteiger charge is 2.27. The van der Waals surface area contributed by atoms with Crippen molar-refractivity contribution in [3.8, 4) is 6.07 Å². The zero-order chi connectivity index (χ0) is 15.2. The van der Waals surface area contributed by atoms with Gasteiger partial charge in [-0.25, -0.2) is 8.42 Å². The average Bonchev–Trinajstić information content (AvgIpc) is 3.03. The molecule has 1 aliphatic carbocycles. The van der Waals surface area contributed by atoms with E-state index in [2.05, 4.69) is 15.8 Å². The third kappa shape index (κ3) is 2.39. The number of rotatable bonds is 3. The minimum Gasteiger partial charge on any atom is -0.315 e. The Kier molecular flexibility index (Phi) is 3.39. The Balaban J connectivity index is 2.03. The predicted octanol–water partition coefficient (Wildman–Crippen LogP) is 1.97. The summed E-state index contributed by atoms with van der Waals surface area (Å²) in [6.45, 7) is 1.53. The van der Waals surface area contributed by atoms with Gasteiger partial charge in [0, 0.05) is 10.6 Å². The summed E-state index contributed by atoms with van der Waals surface area (Å²) in [5, 5.41) is 9.62. The molecule has 0 saturated heterocycles. The number of nitrogens with one attached hydrogen (secondary N) is 2. The van der Waals surface area contributed by atoms with Crippen LogP contribution in [0.1, 0.15) is 28.1 Å². The number of H-pyrrole nitrogens is 1. The van der Waals surface area contributed by atoms with E-state index >= 15 is 0 Å². The molecule has 0 amide bonds. The van der Waals surface area contributed by atoms with Crippen LogP contribution >= 0.6 is 22.7 Å². The van der Waals surface area contributed by atoms with Gasteiger partial charge in [0.1, 0.15) is 11.1 Å². The molecule has 0 spiro atoms. The molecule has 1 aliphatic rings. The molecule has 3 rings (SSSR count). The third-order valence-corrected chi connectivity index (χ3v) is 7.58. The smallest absolute Gasteiger partial charge is 0.306 e. The lowest BCUT2D eigenvalue weighted by molar-refractivity contribution is 0.602. The van der Waals surface area contributed by atoms with Crippen LogP contribution in [0.5, 0.6) is 0 Å². The molecule has 0 radical (unpaired) electrons. The molecule has 0 aliphatic heterocycles. The topological polar surface area (TPSA) is 103 Å². The molecule has 9 heteroatoms. The second kappa shape index (κ2) is 4.98. The van der Waals surface area contributed by atoms with Crippen molar-refractivity contribution in [3.05, 3.63) is 31.4 Å². The number of aryl methyl sites for hydroxylation is 2. The Morgan fingerprint density at radius 1 is 1.33 bits per heavy atom. The van der Waals surface area contributed by atoms with E-state index in [4.69, 9.17) is 0 Å². The molecule has 6 nitrogen and oxygen atoms in total. The van der Waals surface area contributed by atoms with Gasteiger partial charge < -0.3 is 4.98 Å². The van der Waals surface area contributed by atoms with Crippen molar-refractivity contribution in [2.24, 2.45) is 0 Å². The van der Waals surface area contributed by atoms with E-state index in [9.17, 15) is 18.5 Å². The van der Waals surface area contributed by atoms with Crippen LogP contribution in [0.2, 0.25) is 0 Å². The molecular weight excluding hydrogens is 330 g/mol. The first-order valence-corrected chi connectivity index (χ1v) is 9.31. The van der Waals surface area contributed by atoms with Gasteiger partial charge in [0.25, 0.3) is 10.0 Å². The van der Waals surface area contributed by atoms with Crippen molar-refractivity contribution < 1.29 is 8.42 Å². The molecule has 0 atom stereocenters. The number of hydrogen-bond acceptors (Lipinski definition) is 6. The predicted molar refractivity (Wildman–Crippen MR) is 81.5 cm³/mol. The van der Waals surface area contributed by atoms with E-state index in [1.807, 2.05) is 0 Å². The van der Waals surface area contributed by atoms with E-state index in [1.165, 1.54) is 18.3 Å². The highest BCUT2D eigenvalue weighted by molar-refractivity contribution is 7.94. The minimum atomic E-state index is -3.85. The SMILES string of the molecule is Cc1[nH]c(=O)sc1S(=O)(=O)Nc1sc2c(c1C#N)CCC2. The number of nitriles is 1. The van der Waals surface area contributed by atoms with Gasteiger partial charge in [-0.15, -0.1) is 11.3 Å². The Morgan fingerprint density at radius 2 is 2.10 bits per heavy atom. The molecule has 110 valence electrons. The van der Waals surface area contributed by atoms with Crippen molar-refractivity contribution in [2.75, 3.05) is 4.72 Å². The molecule has 0 fully saturated rings. The van der Waals surface area contributed by atoms with Crippen LogP contribution in [0.25, 0.3) is 0 Å². The lowest BCUT2D eigenvalue weighted by Crippen LogP contribution is -2.12. The Labute approximate surface area is 129 Å². The maximum absolute atomic E-state index is 12.4. The lowest BCUT2D eigenvalue weighted by Gasteiger charge is -2.05. The summed E-state index contributed by atoms with van der Waals surface area (Å²) < 4.78 is 27.2. The van der Waals surface area contributed by atoms with Gasteiger partial charge in [0.2, 0.25) is 0 Å². The number of nitrogens with zero attached hydrogens (tertiary/aromatic N) is 1. The van der Waals surface area contributed by atoms with Crippen molar-refractivity contribution in [1.29, 1.82) is 5.26 Å². The largest absolute Gasteiger partial charge is 0.315 e. The first kappa shape index (κ1) is 14.3. The number of thiophene rings is 1. The van der Waals surface area contributed by atoms with Crippen molar-refractivity contribution in [3.63, 3.8) is 0 Å². The van der Waals surface area contributed by atoms with Crippen molar-refractivity contribution in [2.45, 2.75) is 30.4 Å². The molecule has 0 aromatic carbocycles. The lowest BCUT2D eigenvalue weighted by atomic mass is 10.1.